The van der Waals surface area contributed by atoms with Gasteiger partial charge in [-0.05, 0) is 51.8 Å². The number of hydrogen-bond acceptors (Lipinski definition) is 9. The number of primary amides is 1. The molecule has 1 aromatic rings. The van der Waals surface area contributed by atoms with Crippen molar-refractivity contribution in [2.45, 2.75) is 43.9 Å². The third kappa shape index (κ3) is 3.76. The number of fused-ring (bicyclic) bond motifs is 3. The first-order valence-corrected chi connectivity index (χ1v) is 12.6. The summed E-state index contributed by atoms with van der Waals surface area (Å²) in [4.78, 5) is 54.1. The lowest BCUT2D eigenvalue weighted by atomic mass is 9.57. The van der Waals surface area contributed by atoms with E-state index in [4.69, 9.17) is 5.73 Å². The molecule has 208 valence electrons. The molecule has 6 N–H and O–H groups in total. The largest absolute Gasteiger partial charge is 0.508 e. The Balaban J connectivity index is 1.63. The predicted octanol–water partition coefficient (Wildman–Crippen LogP) is 0.472. The van der Waals surface area contributed by atoms with Gasteiger partial charge in [-0.15, -0.1) is 0 Å². The van der Waals surface area contributed by atoms with Crippen molar-refractivity contribution in [2.24, 2.45) is 23.5 Å². The van der Waals surface area contributed by atoms with Gasteiger partial charge in [-0.2, -0.15) is 0 Å². The van der Waals surface area contributed by atoms with Crippen LogP contribution in [0, 0.1) is 23.6 Å². The molecule has 4 atom stereocenters. The highest BCUT2D eigenvalue weighted by molar-refractivity contribution is 6.24. The van der Waals surface area contributed by atoms with Crippen molar-refractivity contribution in [1.82, 2.24) is 9.80 Å². The minimum absolute atomic E-state index is 0.0309. The Kier molecular flexibility index (Phi) is 6.11. The Morgan fingerprint density at radius 1 is 1.15 bits per heavy atom. The third-order valence-corrected chi connectivity index (χ3v) is 8.44. The van der Waals surface area contributed by atoms with E-state index in [1.807, 2.05) is 0 Å². The molecule has 0 spiro atoms. The number of phenols is 1. The fourth-order valence-electron chi connectivity index (χ4n) is 6.44. The molecule has 0 aliphatic heterocycles. The number of amides is 2. The summed E-state index contributed by atoms with van der Waals surface area (Å²) in [7, 11) is 4.53. The van der Waals surface area contributed by atoms with E-state index >= 15 is 4.39 Å². The van der Waals surface area contributed by atoms with E-state index in [2.05, 4.69) is 0 Å². The topological polar surface area (TPSA) is 182 Å². The summed E-state index contributed by atoms with van der Waals surface area (Å²) in [6.07, 6.45) is 1.24. The summed E-state index contributed by atoms with van der Waals surface area (Å²) in [5, 5.41) is 44.4. The molecular weight excluding hydrogens is 513 g/mol. The number of aliphatic hydroxyl groups is 3. The molecule has 39 heavy (non-hydrogen) atoms. The first kappa shape index (κ1) is 26.8. The number of carbonyl (C=O) groups is 4. The van der Waals surface area contributed by atoms with Crippen molar-refractivity contribution in [1.29, 1.82) is 0 Å². The SMILES string of the molecule is CN(Cc1cc(O)c2c(c1F)C[C@H]1C[C@H]3[C@H](N(C)C)C(=O)C(C(N)=O)=C(O)[C@@]3(O)C(=O)C1=C2O)C(=O)C1CC1. The standard InChI is InChI=1S/C27H30FN3O8/c1-30(2)20-14-7-11-6-13-17(15(32)8-12(19(13)28)9-31(3)26(38)10-4-5-10)21(33)16(11)23(35)27(14,39)24(36)18(22(20)34)25(29)37/h8,10-11,14,20,32-33,36,39H,4-7,9H2,1-3H3,(H2,29,37)/t11-,14-,20-,27-/m0/s1. The van der Waals surface area contributed by atoms with E-state index in [1.165, 1.54) is 30.9 Å². The van der Waals surface area contributed by atoms with Gasteiger partial charge in [0.15, 0.2) is 11.4 Å². The molecule has 0 bridgehead atoms. The summed E-state index contributed by atoms with van der Waals surface area (Å²) in [6, 6.07) is -0.148. The van der Waals surface area contributed by atoms with Gasteiger partial charge >= 0.3 is 0 Å². The molecule has 2 saturated carbocycles. The molecule has 4 aliphatic rings. The third-order valence-electron chi connectivity index (χ3n) is 8.44. The van der Waals surface area contributed by atoms with Crippen LogP contribution in [-0.4, -0.2) is 86.4 Å². The van der Waals surface area contributed by atoms with Crippen LogP contribution in [0.25, 0.3) is 5.76 Å². The van der Waals surface area contributed by atoms with Crippen LogP contribution in [0.3, 0.4) is 0 Å². The van der Waals surface area contributed by atoms with Gasteiger partial charge in [-0.1, -0.05) is 0 Å². The minimum atomic E-state index is -2.76. The van der Waals surface area contributed by atoms with E-state index in [0.717, 1.165) is 18.9 Å². The number of aromatic hydroxyl groups is 1. The van der Waals surface area contributed by atoms with Crippen molar-refractivity contribution in [3.63, 3.8) is 0 Å². The van der Waals surface area contributed by atoms with Gasteiger partial charge in [-0.3, -0.25) is 24.1 Å². The van der Waals surface area contributed by atoms with Crippen molar-refractivity contribution in [2.75, 3.05) is 21.1 Å². The number of Topliss-reactive ketones (excluding diaryl/α,β-unsaturated/α-hetero) is 2. The van der Waals surface area contributed by atoms with Crippen LogP contribution in [0.1, 0.15) is 36.0 Å². The number of hydrogen-bond donors (Lipinski definition) is 5. The van der Waals surface area contributed by atoms with Crippen molar-refractivity contribution in [3.05, 3.63) is 45.5 Å². The summed E-state index contributed by atoms with van der Waals surface area (Å²) in [5.41, 5.74) is 0.920. The number of carbonyl (C=O) groups excluding carboxylic acids is 4. The Morgan fingerprint density at radius 2 is 1.79 bits per heavy atom. The number of aliphatic hydroxyl groups excluding tert-OH is 2. The summed E-state index contributed by atoms with van der Waals surface area (Å²) < 4.78 is 15.8. The zero-order chi connectivity index (χ0) is 28.7. The first-order chi connectivity index (χ1) is 18.2. The second-order valence-electron chi connectivity index (χ2n) is 11.2. The lowest BCUT2D eigenvalue weighted by molar-refractivity contribution is -0.153. The molecule has 4 aliphatic carbocycles. The lowest BCUT2D eigenvalue weighted by Crippen LogP contribution is -2.65. The number of halogens is 1. The predicted molar refractivity (Wildman–Crippen MR) is 133 cm³/mol. The number of phenolic OH excluding ortho intramolecular Hbond substituents is 1. The Hall–Kier alpha value is -3.77. The molecule has 1 aromatic carbocycles. The van der Waals surface area contributed by atoms with E-state index < -0.39 is 69.6 Å². The molecule has 0 unspecified atom stereocenters. The van der Waals surface area contributed by atoms with Crippen LogP contribution in [0.5, 0.6) is 5.75 Å². The summed E-state index contributed by atoms with van der Waals surface area (Å²) >= 11 is 0. The highest BCUT2D eigenvalue weighted by atomic mass is 19.1. The minimum Gasteiger partial charge on any atom is -0.508 e. The van der Waals surface area contributed by atoms with Gasteiger partial charge in [-0.25, -0.2) is 4.39 Å². The average Bonchev–Trinajstić information content (AvgIpc) is 3.69. The maximum Gasteiger partial charge on any atom is 0.255 e. The average molecular weight is 544 g/mol. The molecule has 5 rings (SSSR count). The lowest BCUT2D eigenvalue weighted by Gasteiger charge is -2.50. The van der Waals surface area contributed by atoms with Crippen LogP contribution in [0.4, 0.5) is 4.39 Å². The molecule has 2 fully saturated rings. The second kappa shape index (κ2) is 8.88. The number of ketones is 2. The molecule has 12 heteroatoms. The van der Waals surface area contributed by atoms with Gasteiger partial charge in [0.1, 0.15) is 28.7 Å². The van der Waals surface area contributed by atoms with E-state index in [-0.39, 0.29) is 53.5 Å². The number of rotatable bonds is 5. The normalized spacial score (nSPS) is 28.3. The van der Waals surface area contributed by atoms with Crippen molar-refractivity contribution >= 4 is 29.1 Å². The van der Waals surface area contributed by atoms with Crippen LogP contribution in [0.15, 0.2) is 23.0 Å². The van der Waals surface area contributed by atoms with Gasteiger partial charge in [0.05, 0.1) is 11.6 Å². The smallest absolute Gasteiger partial charge is 0.255 e. The highest BCUT2D eigenvalue weighted by Gasteiger charge is 2.64. The van der Waals surface area contributed by atoms with Crippen LogP contribution < -0.4 is 5.73 Å². The Bertz CT molecular complexity index is 1410. The van der Waals surface area contributed by atoms with E-state index in [0.29, 0.717) is 0 Å². The number of likely N-dealkylation sites (N-methyl/N-ethyl adjacent to an activating group) is 1. The quantitative estimate of drug-likeness (QED) is 0.330. The molecule has 0 saturated heterocycles. The number of nitrogens with zero attached hydrogens (tertiary/aromatic N) is 2. The first-order valence-electron chi connectivity index (χ1n) is 12.6. The van der Waals surface area contributed by atoms with Crippen molar-refractivity contribution in [3.8, 4) is 5.75 Å². The second-order valence-corrected chi connectivity index (χ2v) is 11.2. The maximum atomic E-state index is 15.8. The molecule has 2 amide bonds. The molecule has 0 radical (unpaired) electrons. The fourth-order valence-corrected chi connectivity index (χ4v) is 6.44. The Morgan fingerprint density at radius 3 is 2.36 bits per heavy atom. The van der Waals surface area contributed by atoms with E-state index in [9.17, 15) is 39.6 Å². The highest BCUT2D eigenvalue weighted by Crippen LogP contribution is 2.53. The Labute approximate surface area is 223 Å². The van der Waals surface area contributed by atoms with Gasteiger partial charge in [0, 0.05) is 42.1 Å². The number of benzene rings is 1. The monoisotopic (exact) mass is 543 g/mol. The zero-order valence-corrected chi connectivity index (χ0v) is 21.7. The number of nitrogens with two attached hydrogens (primary N) is 1. The van der Waals surface area contributed by atoms with Crippen LogP contribution >= 0.6 is 0 Å². The van der Waals surface area contributed by atoms with Gasteiger partial charge in [0.25, 0.3) is 5.91 Å². The van der Waals surface area contributed by atoms with Crippen LogP contribution in [0.2, 0.25) is 0 Å². The summed E-state index contributed by atoms with van der Waals surface area (Å²) in [6.45, 7) is -0.114. The van der Waals surface area contributed by atoms with Gasteiger partial charge < -0.3 is 31.1 Å². The maximum absolute atomic E-state index is 15.8. The van der Waals surface area contributed by atoms with Crippen LogP contribution in [-0.2, 0) is 32.1 Å². The molecule has 11 nitrogen and oxygen atoms in total. The zero-order valence-electron chi connectivity index (χ0n) is 21.7. The fraction of sp³-hybridized carbons (Fsp3) is 0.481. The molecule has 0 aromatic heterocycles. The van der Waals surface area contributed by atoms with Crippen molar-refractivity contribution < 1.29 is 44.0 Å². The molecular formula is C27H30FN3O8. The molecule has 0 heterocycles. The summed E-state index contributed by atoms with van der Waals surface area (Å²) in [5.74, 6) is -8.94. The van der Waals surface area contributed by atoms with Gasteiger partial charge in [0.2, 0.25) is 11.7 Å². The van der Waals surface area contributed by atoms with E-state index in [1.54, 1.807) is 0 Å².